The Labute approximate surface area is 104 Å². The fourth-order valence-electron chi connectivity index (χ4n) is 1.13. The first-order valence-electron chi connectivity index (χ1n) is 5.41. The maximum atomic E-state index is 11.4. The second-order valence-corrected chi connectivity index (χ2v) is 3.26. The largest absolute Gasteiger partial charge is 0.448 e. The van der Waals surface area contributed by atoms with Crippen molar-refractivity contribution in [1.29, 1.82) is 0 Å². The minimum absolute atomic E-state index is 0.134. The highest BCUT2D eigenvalue weighted by Gasteiger charge is 2.06. The van der Waals surface area contributed by atoms with E-state index in [4.69, 9.17) is 5.73 Å². The molecule has 0 radical (unpaired) electrons. The van der Waals surface area contributed by atoms with Gasteiger partial charge in [0.25, 0.3) is 5.91 Å². The van der Waals surface area contributed by atoms with Crippen molar-refractivity contribution in [1.82, 2.24) is 15.5 Å². The summed E-state index contributed by atoms with van der Waals surface area (Å²) in [5.74, 6) is 0.213. The summed E-state index contributed by atoms with van der Waals surface area (Å²) in [4.78, 5) is 21.7. The van der Waals surface area contributed by atoms with Gasteiger partial charge in [-0.15, -0.1) is 10.2 Å². The molecule has 98 valence electrons. The number of carbonyl (C=O) groups excluding carboxylic acids is 2. The molecule has 8 heteroatoms. The molecule has 0 unspecified atom stereocenters. The predicted octanol–water partition coefficient (Wildman–Crippen LogP) is -0.266. The summed E-state index contributed by atoms with van der Waals surface area (Å²) in [5, 5.41) is 13.0. The highest BCUT2D eigenvalue weighted by Crippen LogP contribution is 2.01. The van der Waals surface area contributed by atoms with Crippen LogP contribution in [0.25, 0.3) is 0 Å². The number of ether oxygens (including phenoxy) is 1. The van der Waals surface area contributed by atoms with Crippen LogP contribution in [-0.2, 0) is 4.74 Å². The van der Waals surface area contributed by atoms with Gasteiger partial charge in [-0.2, -0.15) is 0 Å². The van der Waals surface area contributed by atoms with Crippen molar-refractivity contribution in [3.63, 3.8) is 0 Å². The molecule has 4 N–H and O–H groups in total. The molecule has 18 heavy (non-hydrogen) atoms. The van der Waals surface area contributed by atoms with Crippen LogP contribution >= 0.6 is 0 Å². The van der Waals surface area contributed by atoms with Gasteiger partial charge in [-0.25, -0.2) is 4.79 Å². The number of hydrogen-bond acceptors (Lipinski definition) is 6. The van der Waals surface area contributed by atoms with Gasteiger partial charge >= 0.3 is 6.09 Å². The number of hydrogen-bond donors (Lipinski definition) is 3. The van der Waals surface area contributed by atoms with Gasteiger partial charge in [0.15, 0.2) is 5.69 Å². The van der Waals surface area contributed by atoms with E-state index in [1.807, 2.05) is 6.92 Å². The lowest BCUT2D eigenvalue weighted by atomic mass is 10.3. The fraction of sp³-hybridized carbons (Fsp3) is 0.400. The van der Waals surface area contributed by atoms with Crippen LogP contribution in [0.4, 0.5) is 10.6 Å². The standard InChI is InChI=1S/C10H15N5O3/c1-2-12-9(16)7-3-4-8(15-14-7)13-5-6-18-10(11)17/h3-4H,2,5-6H2,1H3,(H2,11,17)(H,12,16)(H,13,15). The summed E-state index contributed by atoms with van der Waals surface area (Å²) in [6.45, 7) is 2.85. The summed E-state index contributed by atoms with van der Waals surface area (Å²) in [5.41, 5.74) is 5.04. The number of rotatable bonds is 6. The fourth-order valence-corrected chi connectivity index (χ4v) is 1.13. The molecule has 1 aromatic heterocycles. The predicted molar refractivity (Wildman–Crippen MR) is 64.1 cm³/mol. The second-order valence-electron chi connectivity index (χ2n) is 3.26. The van der Waals surface area contributed by atoms with Crippen LogP contribution in [0.15, 0.2) is 12.1 Å². The molecule has 0 aromatic carbocycles. The van der Waals surface area contributed by atoms with E-state index in [1.165, 1.54) is 0 Å². The molecule has 2 amide bonds. The zero-order valence-electron chi connectivity index (χ0n) is 9.97. The number of carbonyl (C=O) groups is 2. The van der Waals surface area contributed by atoms with Crippen molar-refractivity contribution in [2.75, 3.05) is 25.0 Å². The molecular weight excluding hydrogens is 238 g/mol. The quantitative estimate of drug-likeness (QED) is 0.600. The Morgan fingerprint density at radius 3 is 2.72 bits per heavy atom. The third kappa shape index (κ3) is 4.64. The summed E-state index contributed by atoms with van der Waals surface area (Å²) in [6, 6.07) is 3.16. The SMILES string of the molecule is CCNC(=O)c1ccc(NCCOC(N)=O)nn1. The van der Waals surface area contributed by atoms with Gasteiger partial charge in [0.2, 0.25) is 0 Å². The number of nitrogens with zero attached hydrogens (tertiary/aromatic N) is 2. The topological polar surface area (TPSA) is 119 Å². The van der Waals surface area contributed by atoms with E-state index in [0.717, 1.165) is 0 Å². The molecule has 0 spiro atoms. The van der Waals surface area contributed by atoms with E-state index >= 15 is 0 Å². The minimum atomic E-state index is -0.825. The van der Waals surface area contributed by atoms with Crippen LogP contribution < -0.4 is 16.4 Å². The van der Waals surface area contributed by atoms with Crippen LogP contribution in [0.3, 0.4) is 0 Å². The summed E-state index contributed by atoms with van der Waals surface area (Å²) < 4.78 is 4.52. The van der Waals surface area contributed by atoms with Gasteiger partial charge in [-0.3, -0.25) is 4.79 Å². The molecule has 0 bridgehead atoms. The third-order valence-corrected chi connectivity index (χ3v) is 1.89. The van der Waals surface area contributed by atoms with E-state index in [2.05, 4.69) is 25.6 Å². The average Bonchev–Trinajstić information content (AvgIpc) is 2.35. The third-order valence-electron chi connectivity index (χ3n) is 1.89. The normalized spacial score (nSPS) is 9.61. The Morgan fingerprint density at radius 2 is 2.17 bits per heavy atom. The number of nitrogens with one attached hydrogen (secondary N) is 2. The number of anilines is 1. The molecule has 0 aliphatic carbocycles. The minimum Gasteiger partial charge on any atom is -0.448 e. The zero-order chi connectivity index (χ0) is 13.4. The van der Waals surface area contributed by atoms with Gasteiger partial charge in [-0.05, 0) is 19.1 Å². The zero-order valence-corrected chi connectivity index (χ0v) is 9.97. The molecule has 0 atom stereocenters. The van der Waals surface area contributed by atoms with E-state index in [9.17, 15) is 9.59 Å². The Kier molecular flexibility index (Phi) is 5.36. The van der Waals surface area contributed by atoms with Gasteiger partial charge in [-0.1, -0.05) is 0 Å². The molecule has 0 aliphatic heterocycles. The van der Waals surface area contributed by atoms with Crippen LogP contribution in [0.5, 0.6) is 0 Å². The number of nitrogens with two attached hydrogens (primary N) is 1. The molecule has 1 heterocycles. The van der Waals surface area contributed by atoms with E-state index in [0.29, 0.717) is 18.9 Å². The first-order valence-corrected chi connectivity index (χ1v) is 5.41. The number of aromatic nitrogens is 2. The van der Waals surface area contributed by atoms with E-state index in [1.54, 1.807) is 12.1 Å². The Morgan fingerprint density at radius 1 is 1.39 bits per heavy atom. The smallest absolute Gasteiger partial charge is 0.404 e. The van der Waals surface area contributed by atoms with Gasteiger partial charge in [0.1, 0.15) is 12.4 Å². The number of primary amides is 1. The molecule has 0 fully saturated rings. The lowest BCUT2D eigenvalue weighted by Gasteiger charge is -2.05. The molecule has 1 aromatic rings. The molecule has 8 nitrogen and oxygen atoms in total. The molecule has 0 aliphatic rings. The van der Waals surface area contributed by atoms with Crippen molar-refractivity contribution in [3.05, 3.63) is 17.8 Å². The van der Waals surface area contributed by atoms with Gasteiger partial charge in [0, 0.05) is 6.54 Å². The first kappa shape index (κ1) is 13.7. The maximum absolute atomic E-state index is 11.4. The van der Waals surface area contributed by atoms with Crippen molar-refractivity contribution >= 4 is 17.8 Å². The van der Waals surface area contributed by atoms with Gasteiger partial charge < -0.3 is 21.1 Å². The van der Waals surface area contributed by atoms with Crippen LogP contribution in [-0.4, -0.2) is 41.9 Å². The van der Waals surface area contributed by atoms with E-state index < -0.39 is 6.09 Å². The lowest BCUT2D eigenvalue weighted by Crippen LogP contribution is -2.24. The van der Waals surface area contributed by atoms with Crippen LogP contribution in [0.1, 0.15) is 17.4 Å². The average molecular weight is 253 g/mol. The summed E-state index contributed by atoms with van der Waals surface area (Å²) >= 11 is 0. The highest BCUT2D eigenvalue weighted by atomic mass is 16.5. The highest BCUT2D eigenvalue weighted by molar-refractivity contribution is 5.92. The van der Waals surface area contributed by atoms with Crippen LogP contribution in [0.2, 0.25) is 0 Å². The molecule has 1 rings (SSSR count). The number of amides is 2. The Hall–Kier alpha value is -2.38. The van der Waals surface area contributed by atoms with Crippen molar-refractivity contribution in [3.8, 4) is 0 Å². The summed E-state index contributed by atoms with van der Waals surface area (Å²) in [7, 11) is 0. The van der Waals surface area contributed by atoms with Crippen molar-refractivity contribution < 1.29 is 14.3 Å². The Bertz CT molecular complexity index is 406. The van der Waals surface area contributed by atoms with Crippen LogP contribution in [0, 0.1) is 0 Å². The molecule has 0 saturated heterocycles. The van der Waals surface area contributed by atoms with E-state index in [-0.39, 0.29) is 18.2 Å². The first-order chi connectivity index (χ1) is 8.63. The Balaban J connectivity index is 2.40. The summed E-state index contributed by atoms with van der Waals surface area (Å²) in [6.07, 6.45) is -0.825. The maximum Gasteiger partial charge on any atom is 0.404 e. The molecule has 0 saturated carbocycles. The monoisotopic (exact) mass is 253 g/mol. The van der Waals surface area contributed by atoms with Crippen molar-refractivity contribution in [2.24, 2.45) is 5.73 Å². The lowest BCUT2D eigenvalue weighted by molar-refractivity contribution is 0.0949. The second kappa shape index (κ2) is 7.05. The molecular formula is C10H15N5O3. The van der Waals surface area contributed by atoms with Crippen molar-refractivity contribution in [2.45, 2.75) is 6.92 Å². The van der Waals surface area contributed by atoms with Gasteiger partial charge in [0.05, 0.1) is 6.54 Å².